The maximum atomic E-state index is 11.8. The van der Waals surface area contributed by atoms with E-state index < -0.39 is 17.4 Å². The second-order valence-corrected chi connectivity index (χ2v) is 4.39. The summed E-state index contributed by atoms with van der Waals surface area (Å²) in [4.78, 5) is 22.9. The average Bonchev–Trinajstić information content (AvgIpc) is 2.28. The molecule has 1 unspecified atom stereocenters. The lowest BCUT2D eigenvalue weighted by Gasteiger charge is -2.24. The summed E-state index contributed by atoms with van der Waals surface area (Å²) in [6.07, 6.45) is 0.300. The normalized spacial score (nSPS) is 13.8. The van der Waals surface area contributed by atoms with Gasteiger partial charge in [0.25, 0.3) is 5.91 Å². The second kappa shape index (κ2) is 5.19. The first kappa shape index (κ1) is 13.5. The van der Waals surface area contributed by atoms with Gasteiger partial charge in [-0.05, 0) is 31.5 Å². The van der Waals surface area contributed by atoms with E-state index in [0.717, 1.165) is 0 Å². The van der Waals surface area contributed by atoms with Gasteiger partial charge in [0.05, 0.1) is 0 Å². The molecule has 4 nitrogen and oxygen atoms in total. The Bertz CT molecular complexity index is 447. The van der Waals surface area contributed by atoms with Gasteiger partial charge in [-0.3, -0.25) is 4.79 Å². The molecule has 0 radical (unpaired) electrons. The van der Waals surface area contributed by atoms with Crippen molar-refractivity contribution in [1.29, 1.82) is 0 Å². The third-order valence-electron chi connectivity index (χ3n) is 2.66. The zero-order valence-corrected chi connectivity index (χ0v) is 10.4. The lowest BCUT2D eigenvalue weighted by Crippen LogP contribution is -2.51. The molecule has 0 heterocycles. The number of carboxylic acids is 1. The highest BCUT2D eigenvalue weighted by Gasteiger charge is 2.32. The summed E-state index contributed by atoms with van der Waals surface area (Å²) in [5.41, 5.74) is -0.919. The van der Waals surface area contributed by atoms with E-state index in [1.54, 1.807) is 25.1 Å². The monoisotopic (exact) mass is 255 g/mol. The fraction of sp³-hybridized carbons (Fsp3) is 0.333. The zero-order chi connectivity index (χ0) is 13.1. The van der Waals surface area contributed by atoms with Gasteiger partial charge in [-0.15, -0.1) is 0 Å². The van der Waals surface area contributed by atoms with Gasteiger partial charge in [-0.2, -0.15) is 0 Å². The van der Waals surface area contributed by atoms with Gasteiger partial charge in [0.15, 0.2) is 0 Å². The van der Waals surface area contributed by atoms with Gasteiger partial charge in [0, 0.05) is 10.6 Å². The minimum Gasteiger partial charge on any atom is -0.480 e. The molecule has 1 amide bonds. The Morgan fingerprint density at radius 3 is 2.59 bits per heavy atom. The van der Waals surface area contributed by atoms with Crippen LogP contribution in [0.4, 0.5) is 0 Å². The van der Waals surface area contributed by atoms with Gasteiger partial charge in [-0.25, -0.2) is 4.79 Å². The smallest absolute Gasteiger partial charge is 0.329 e. The quantitative estimate of drug-likeness (QED) is 0.868. The van der Waals surface area contributed by atoms with Crippen LogP contribution < -0.4 is 5.32 Å². The van der Waals surface area contributed by atoms with E-state index in [-0.39, 0.29) is 0 Å². The predicted molar refractivity (Wildman–Crippen MR) is 65.3 cm³/mol. The van der Waals surface area contributed by atoms with Crippen LogP contribution in [0.3, 0.4) is 0 Å². The maximum Gasteiger partial charge on any atom is 0.329 e. The lowest BCUT2D eigenvalue weighted by atomic mass is 9.98. The SMILES string of the molecule is CCC(C)(NC(=O)c1cccc(Cl)c1)C(=O)O. The van der Waals surface area contributed by atoms with Gasteiger partial charge < -0.3 is 10.4 Å². The molecule has 0 aromatic heterocycles. The van der Waals surface area contributed by atoms with Crippen molar-refractivity contribution in [3.63, 3.8) is 0 Å². The third kappa shape index (κ3) is 3.20. The zero-order valence-electron chi connectivity index (χ0n) is 9.66. The van der Waals surface area contributed by atoms with Crippen molar-refractivity contribution >= 4 is 23.5 Å². The van der Waals surface area contributed by atoms with Crippen LogP contribution in [-0.4, -0.2) is 22.5 Å². The summed E-state index contributed by atoms with van der Waals surface area (Å²) < 4.78 is 0. The first-order valence-corrected chi connectivity index (χ1v) is 5.58. The minimum atomic E-state index is -1.26. The molecule has 1 aromatic carbocycles. The summed E-state index contributed by atoms with van der Waals surface area (Å²) in [7, 11) is 0. The van der Waals surface area contributed by atoms with E-state index in [2.05, 4.69) is 5.32 Å². The van der Waals surface area contributed by atoms with Crippen molar-refractivity contribution in [2.45, 2.75) is 25.8 Å². The van der Waals surface area contributed by atoms with Crippen LogP contribution in [0.2, 0.25) is 5.02 Å². The Labute approximate surface area is 105 Å². The standard InChI is InChI=1S/C12H14ClNO3/c1-3-12(2,11(16)17)14-10(15)8-5-4-6-9(13)7-8/h4-7H,3H2,1-2H3,(H,14,15)(H,16,17). The molecule has 92 valence electrons. The first-order chi connectivity index (χ1) is 7.89. The number of hydrogen-bond acceptors (Lipinski definition) is 2. The number of nitrogens with one attached hydrogen (secondary N) is 1. The largest absolute Gasteiger partial charge is 0.480 e. The number of aliphatic carboxylic acids is 1. The van der Waals surface area contributed by atoms with Crippen LogP contribution in [0.5, 0.6) is 0 Å². The van der Waals surface area contributed by atoms with Crippen LogP contribution in [0.15, 0.2) is 24.3 Å². The van der Waals surface area contributed by atoms with E-state index in [0.29, 0.717) is 17.0 Å². The minimum absolute atomic E-state index is 0.300. The van der Waals surface area contributed by atoms with Crippen LogP contribution in [0.1, 0.15) is 30.6 Å². The summed E-state index contributed by atoms with van der Waals surface area (Å²) >= 11 is 5.76. The highest BCUT2D eigenvalue weighted by Crippen LogP contribution is 2.14. The number of carbonyl (C=O) groups excluding carboxylic acids is 1. The van der Waals surface area contributed by atoms with Crippen LogP contribution in [0, 0.1) is 0 Å². The number of benzene rings is 1. The van der Waals surface area contributed by atoms with E-state index >= 15 is 0 Å². The number of rotatable bonds is 4. The molecular weight excluding hydrogens is 242 g/mol. The molecule has 0 saturated heterocycles. The summed E-state index contributed by atoms with van der Waals surface area (Å²) in [5, 5.41) is 12.0. The van der Waals surface area contributed by atoms with Crippen molar-refractivity contribution in [2.75, 3.05) is 0 Å². The summed E-state index contributed by atoms with van der Waals surface area (Å²) in [6, 6.07) is 6.36. The molecule has 0 bridgehead atoms. The molecule has 0 fully saturated rings. The van der Waals surface area contributed by atoms with E-state index in [4.69, 9.17) is 16.7 Å². The van der Waals surface area contributed by atoms with Crippen molar-refractivity contribution in [1.82, 2.24) is 5.32 Å². The van der Waals surface area contributed by atoms with Crippen molar-refractivity contribution in [2.24, 2.45) is 0 Å². The van der Waals surface area contributed by atoms with Crippen LogP contribution >= 0.6 is 11.6 Å². The maximum absolute atomic E-state index is 11.8. The molecule has 2 N–H and O–H groups in total. The fourth-order valence-electron chi connectivity index (χ4n) is 1.25. The number of carboxylic acid groups (broad SMARTS) is 1. The highest BCUT2D eigenvalue weighted by atomic mass is 35.5. The van der Waals surface area contributed by atoms with Gasteiger partial charge >= 0.3 is 5.97 Å². The topological polar surface area (TPSA) is 66.4 Å². The molecule has 0 aliphatic heterocycles. The number of hydrogen-bond donors (Lipinski definition) is 2. The van der Waals surface area contributed by atoms with E-state index in [1.807, 2.05) is 0 Å². The molecule has 0 aliphatic rings. The highest BCUT2D eigenvalue weighted by molar-refractivity contribution is 6.31. The molecule has 0 saturated carbocycles. The Balaban J connectivity index is 2.89. The summed E-state index contributed by atoms with van der Waals surface area (Å²) in [6.45, 7) is 3.17. The average molecular weight is 256 g/mol. The van der Waals surface area contributed by atoms with Gasteiger partial charge in [0.2, 0.25) is 0 Å². The molecule has 1 atom stereocenters. The second-order valence-electron chi connectivity index (χ2n) is 3.96. The fourth-order valence-corrected chi connectivity index (χ4v) is 1.44. The molecule has 0 aliphatic carbocycles. The Hall–Kier alpha value is -1.55. The molecule has 1 rings (SSSR count). The van der Waals surface area contributed by atoms with E-state index in [1.165, 1.54) is 13.0 Å². The first-order valence-electron chi connectivity index (χ1n) is 5.20. The molecular formula is C12H14ClNO3. The van der Waals surface area contributed by atoms with Crippen LogP contribution in [0.25, 0.3) is 0 Å². The Morgan fingerprint density at radius 1 is 1.47 bits per heavy atom. The Morgan fingerprint density at radius 2 is 2.12 bits per heavy atom. The summed E-state index contributed by atoms with van der Waals surface area (Å²) in [5.74, 6) is -1.50. The number of amides is 1. The van der Waals surface area contributed by atoms with E-state index in [9.17, 15) is 9.59 Å². The molecule has 1 aromatic rings. The molecule has 0 spiro atoms. The van der Waals surface area contributed by atoms with Crippen LogP contribution in [-0.2, 0) is 4.79 Å². The third-order valence-corrected chi connectivity index (χ3v) is 2.89. The van der Waals surface area contributed by atoms with Crippen molar-refractivity contribution in [3.8, 4) is 0 Å². The van der Waals surface area contributed by atoms with Gasteiger partial charge in [0.1, 0.15) is 5.54 Å². The van der Waals surface area contributed by atoms with Crippen molar-refractivity contribution < 1.29 is 14.7 Å². The number of halogens is 1. The molecule has 17 heavy (non-hydrogen) atoms. The van der Waals surface area contributed by atoms with Crippen molar-refractivity contribution in [3.05, 3.63) is 34.9 Å². The Kier molecular flexibility index (Phi) is 4.12. The predicted octanol–water partition coefficient (Wildman–Crippen LogP) is 2.32. The number of carbonyl (C=O) groups is 2. The lowest BCUT2D eigenvalue weighted by molar-refractivity contribution is -0.143. The van der Waals surface area contributed by atoms with Gasteiger partial charge in [-0.1, -0.05) is 24.6 Å². The molecule has 5 heteroatoms.